The fourth-order valence-corrected chi connectivity index (χ4v) is 2.20. The van der Waals surface area contributed by atoms with Crippen LogP contribution >= 0.6 is 10.7 Å². The first kappa shape index (κ1) is 15.9. The van der Waals surface area contributed by atoms with Crippen molar-refractivity contribution < 1.29 is 22.3 Å². The van der Waals surface area contributed by atoms with Crippen LogP contribution in [0.4, 0.5) is 4.39 Å². The van der Waals surface area contributed by atoms with Crippen molar-refractivity contribution in [2.24, 2.45) is 0 Å². The molecule has 0 aromatic heterocycles. The molecule has 0 aliphatic carbocycles. The quantitative estimate of drug-likeness (QED) is 0.622. The minimum Gasteiger partial charge on any atom is -0.456 e. The molecular weight excluding hydrogens is 295 g/mol. The van der Waals surface area contributed by atoms with Gasteiger partial charge in [0.2, 0.25) is 0 Å². The molecule has 0 bridgehead atoms. The lowest BCUT2D eigenvalue weighted by Gasteiger charge is -2.20. The maximum absolute atomic E-state index is 13.9. The Bertz CT molecular complexity index is 617. The minimum absolute atomic E-state index is 0.00239. The van der Waals surface area contributed by atoms with E-state index in [9.17, 15) is 17.6 Å². The maximum Gasteiger partial charge on any atom is 0.341 e. The molecular formula is C12H14ClFO4S. The summed E-state index contributed by atoms with van der Waals surface area (Å²) in [6.45, 7) is 6.21. The molecule has 0 spiro atoms. The van der Waals surface area contributed by atoms with E-state index in [0.717, 1.165) is 12.1 Å². The molecule has 19 heavy (non-hydrogen) atoms. The van der Waals surface area contributed by atoms with E-state index in [1.807, 2.05) is 0 Å². The van der Waals surface area contributed by atoms with Gasteiger partial charge in [-0.15, -0.1) is 0 Å². The Hall–Kier alpha value is -1.14. The largest absolute Gasteiger partial charge is 0.456 e. The summed E-state index contributed by atoms with van der Waals surface area (Å²) in [5, 5.41) is 0. The van der Waals surface area contributed by atoms with Gasteiger partial charge in [0.05, 0.1) is 10.5 Å². The normalized spacial score (nSPS) is 12.3. The Morgan fingerprint density at radius 1 is 1.32 bits per heavy atom. The second kappa shape index (κ2) is 5.09. The molecule has 0 heterocycles. The summed E-state index contributed by atoms with van der Waals surface area (Å²) in [4.78, 5) is 11.5. The van der Waals surface area contributed by atoms with E-state index in [0.29, 0.717) is 0 Å². The Morgan fingerprint density at radius 3 is 2.26 bits per heavy atom. The number of hydrogen-bond acceptors (Lipinski definition) is 4. The van der Waals surface area contributed by atoms with E-state index in [2.05, 4.69) is 0 Å². The van der Waals surface area contributed by atoms with Crippen LogP contribution in [0.15, 0.2) is 17.0 Å². The third kappa shape index (κ3) is 4.18. The van der Waals surface area contributed by atoms with Gasteiger partial charge in [0.25, 0.3) is 9.05 Å². The van der Waals surface area contributed by atoms with Gasteiger partial charge in [-0.05, 0) is 45.4 Å². The topological polar surface area (TPSA) is 60.4 Å². The molecule has 0 unspecified atom stereocenters. The van der Waals surface area contributed by atoms with Gasteiger partial charge >= 0.3 is 5.97 Å². The van der Waals surface area contributed by atoms with Gasteiger partial charge in [-0.3, -0.25) is 0 Å². The van der Waals surface area contributed by atoms with E-state index in [1.165, 1.54) is 6.92 Å². The van der Waals surface area contributed by atoms with Crippen molar-refractivity contribution in [3.63, 3.8) is 0 Å². The molecule has 7 heteroatoms. The highest BCUT2D eigenvalue weighted by Crippen LogP contribution is 2.24. The number of ether oxygens (including phenoxy) is 1. The van der Waals surface area contributed by atoms with Crippen LogP contribution in [0, 0.1) is 12.7 Å². The van der Waals surface area contributed by atoms with Gasteiger partial charge in [0.1, 0.15) is 11.4 Å². The van der Waals surface area contributed by atoms with Crippen LogP contribution in [0.3, 0.4) is 0 Å². The van der Waals surface area contributed by atoms with Gasteiger partial charge < -0.3 is 4.74 Å². The van der Waals surface area contributed by atoms with E-state index in [-0.39, 0.29) is 10.5 Å². The van der Waals surface area contributed by atoms with Crippen molar-refractivity contribution in [2.75, 3.05) is 0 Å². The van der Waals surface area contributed by atoms with Crippen molar-refractivity contribution in [3.8, 4) is 0 Å². The van der Waals surface area contributed by atoms with Gasteiger partial charge in [-0.1, -0.05) is 0 Å². The van der Waals surface area contributed by atoms with Crippen LogP contribution in [-0.2, 0) is 13.8 Å². The first-order valence-electron chi connectivity index (χ1n) is 5.40. The number of esters is 1. The molecule has 0 radical (unpaired) electrons. The lowest BCUT2D eigenvalue weighted by Crippen LogP contribution is -2.24. The zero-order valence-corrected chi connectivity index (χ0v) is 12.5. The van der Waals surface area contributed by atoms with Crippen molar-refractivity contribution in [1.82, 2.24) is 0 Å². The van der Waals surface area contributed by atoms with Crippen LogP contribution in [0.1, 0.15) is 36.7 Å². The number of hydrogen-bond donors (Lipinski definition) is 0. The van der Waals surface area contributed by atoms with Crippen molar-refractivity contribution in [1.29, 1.82) is 0 Å². The Balaban J connectivity index is 3.36. The molecule has 0 fully saturated rings. The Morgan fingerprint density at radius 2 is 1.84 bits per heavy atom. The lowest BCUT2D eigenvalue weighted by atomic mass is 10.1. The third-order valence-corrected chi connectivity index (χ3v) is 3.46. The molecule has 0 saturated carbocycles. The summed E-state index contributed by atoms with van der Waals surface area (Å²) in [5.74, 6) is -1.76. The molecule has 0 aliphatic rings. The molecule has 1 rings (SSSR count). The van der Waals surface area contributed by atoms with E-state index in [1.54, 1.807) is 20.8 Å². The summed E-state index contributed by atoms with van der Waals surface area (Å²) in [7, 11) is 1.15. The second-order valence-electron chi connectivity index (χ2n) is 5.04. The summed E-state index contributed by atoms with van der Waals surface area (Å²) in [6.07, 6.45) is 0. The SMILES string of the molecule is Cc1cc(S(=O)(=O)Cl)cc(C(=O)OC(C)(C)C)c1F. The van der Waals surface area contributed by atoms with Crippen molar-refractivity contribution >= 4 is 25.7 Å². The van der Waals surface area contributed by atoms with Crippen LogP contribution in [0.5, 0.6) is 0 Å². The molecule has 0 atom stereocenters. The van der Waals surface area contributed by atoms with Gasteiger partial charge in [-0.25, -0.2) is 17.6 Å². The zero-order valence-electron chi connectivity index (χ0n) is 11.0. The highest BCUT2D eigenvalue weighted by Gasteiger charge is 2.24. The molecule has 1 aromatic rings. The van der Waals surface area contributed by atoms with E-state index >= 15 is 0 Å². The summed E-state index contributed by atoms with van der Waals surface area (Å²) < 4.78 is 41.4. The molecule has 106 valence electrons. The van der Waals surface area contributed by atoms with Crippen molar-refractivity contribution in [2.45, 2.75) is 38.2 Å². The molecule has 0 amide bonds. The molecule has 4 nitrogen and oxygen atoms in total. The molecule has 1 aromatic carbocycles. The number of rotatable bonds is 2. The fourth-order valence-electron chi connectivity index (χ4n) is 1.36. The number of halogens is 2. The van der Waals surface area contributed by atoms with Gasteiger partial charge in [0.15, 0.2) is 0 Å². The average molecular weight is 309 g/mol. The van der Waals surface area contributed by atoms with Crippen LogP contribution in [0.25, 0.3) is 0 Å². The van der Waals surface area contributed by atoms with Crippen LogP contribution in [0.2, 0.25) is 0 Å². The second-order valence-corrected chi connectivity index (χ2v) is 7.61. The van der Waals surface area contributed by atoms with Gasteiger partial charge in [-0.2, -0.15) is 0 Å². The van der Waals surface area contributed by atoms with E-state index < -0.39 is 32.0 Å². The molecule has 0 N–H and O–H groups in total. The first-order chi connectivity index (χ1) is 8.42. The summed E-state index contributed by atoms with van der Waals surface area (Å²) >= 11 is 0. The predicted octanol–water partition coefficient (Wildman–Crippen LogP) is 3.02. The fraction of sp³-hybridized carbons (Fsp3) is 0.417. The molecule has 0 saturated heterocycles. The number of carbonyl (C=O) groups excluding carboxylic acids is 1. The van der Waals surface area contributed by atoms with Crippen LogP contribution < -0.4 is 0 Å². The summed E-state index contributed by atoms with van der Waals surface area (Å²) in [5.41, 5.74) is -1.26. The highest BCUT2D eigenvalue weighted by molar-refractivity contribution is 8.13. The van der Waals surface area contributed by atoms with Gasteiger partial charge in [0, 0.05) is 10.7 Å². The summed E-state index contributed by atoms with van der Waals surface area (Å²) in [6, 6.07) is 1.93. The monoisotopic (exact) mass is 308 g/mol. The minimum atomic E-state index is -4.04. The van der Waals surface area contributed by atoms with Crippen LogP contribution in [-0.4, -0.2) is 20.0 Å². The Labute approximate surface area is 115 Å². The average Bonchev–Trinajstić information content (AvgIpc) is 2.17. The lowest BCUT2D eigenvalue weighted by molar-refractivity contribution is 0.00642. The highest BCUT2D eigenvalue weighted by atomic mass is 35.7. The standard InChI is InChI=1S/C12H14ClFO4S/c1-7-5-8(19(13,16)17)6-9(10(7)14)11(15)18-12(2,3)4/h5-6H,1-4H3. The maximum atomic E-state index is 13.9. The van der Waals surface area contributed by atoms with E-state index in [4.69, 9.17) is 15.4 Å². The predicted molar refractivity (Wildman–Crippen MR) is 69.3 cm³/mol. The number of aryl methyl sites for hydroxylation is 1. The molecule has 0 aliphatic heterocycles. The first-order valence-corrected chi connectivity index (χ1v) is 7.71. The third-order valence-electron chi connectivity index (χ3n) is 2.13. The Kier molecular flexibility index (Phi) is 4.27. The smallest absolute Gasteiger partial charge is 0.341 e. The number of benzene rings is 1. The zero-order chi connectivity index (χ0) is 15.0. The van der Waals surface area contributed by atoms with Crippen molar-refractivity contribution in [3.05, 3.63) is 29.1 Å². The number of carbonyl (C=O) groups is 1.